The molecule has 0 radical (unpaired) electrons. The van der Waals surface area contributed by atoms with Gasteiger partial charge >= 0.3 is 5.97 Å². The van der Waals surface area contributed by atoms with Gasteiger partial charge in [0.1, 0.15) is 17.9 Å². The van der Waals surface area contributed by atoms with E-state index in [4.69, 9.17) is 4.74 Å². The molecule has 0 saturated carbocycles. The molecule has 28 heavy (non-hydrogen) atoms. The third kappa shape index (κ3) is 4.53. The predicted octanol–water partition coefficient (Wildman–Crippen LogP) is 6.34. The second-order valence-electron chi connectivity index (χ2n) is 8.53. The molecule has 0 heterocycles. The minimum atomic E-state index is -0.969. The highest BCUT2D eigenvalue weighted by Gasteiger charge is 2.21. The third-order valence-electron chi connectivity index (χ3n) is 5.56. The van der Waals surface area contributed by atoms with E-state index in [2.05, 4.69) is 45.9 Å². The van der Waals surface area contributed by atoms with E-state index in [1.165, 1.54) is 0 Å². The lowest BCUT2D eigenvalue weighted by Crippen LogP contribution is -2.19. The van der Waals surface area contributed by atoms with E-state index in [-0.39, 0.29) is 11.0 Å². The highest BCUT2D eigenvalue weighted by atomic mass is 16.5. The van der Waals surface area contributed by atoms with Crippen LogP contribution in [0, 0.1) is 11.3 Å². The zero-order chi connectivity index (χ0) is 20.3. The second kappa shape index (κ2) is 8.05. The van der Waals surface area contributed by atoms with Crippen molar-refractivity contribution in [1.29, 1.82) is 0 Å². The number of benzene rings is 3. The van der Waals surface area contributed by atoms with Crippen molar-refractivity contribution in [1.82, 2.24) is 0 Å². The van der Waals surface area contributed by atoms with E-state index in [1.54, 1.807) is 6.07 Å². The largest absolute Gasteiger partial charge is 0.488 e. The van der Waals surface area contributed by atoms with Crippen LogP contribution < -0.4 is 4.74 Å². The number of carboxylic acids is 1. The molecule has 3 rings (SSSR count). The van der Waals surface area contributed by atoms with Crippen LogP contribution in [0.4, 0.5) is 0 Å². The van der Waals surface area contributed by atoms with E-state index >= 15 is 0 Å². The molecule has 146 valence electrons. The molecule has 0 amide bonds. The number of hydrogen-bond donors (Lipinski definition) is 1. The molecular formula is C25H28O3. The molecule has 3 aromatic rings. The summed E-state index contributed by atoms with van der Waals surface area (Å²) in [5, 5.41) is 11.8. The number of aromatic carboxylic acids is 1. The smallest absolute Gasteiger partial charge is 0.339 e. The summed E-state index contributed by atoms with van der Waals surface area (Å²) in [7, 11) is 0. The summed E-state index contributed by atoms with van der Waals surface area (Å²) in [4.78, 5) is 11.7. The summed E-state index contributed by atoms with van der Waals surface area (Å²) < 4.78 is 6.02. The van der Waals surface area contributed by atoms with Gasteiger partial charge in [0.25, 0.3) is 0 Å². The summed E-state index contributed by atoms with van der Waals surface area (Å²) in [6, 6.07) is 19.7. The summed E-state index contributed by atoms with van der Waals surface area (Å²) in [6.07, 6.45) is 0.883. The zero-order valence-corrected chi connectivity index (χ0v) is 17.0. The zero-order valence-electron chi connectivity index (χ0n) is 17.0. The Morgan fingerprint density at radius 2 is 1.75 bits per heavy atom. The van der Waals surface area contributed by atoms with E-state index in [0.717, 1.165) is 28.3 Å². The first-order chi connectivity index (χ1) is 13.3. The van der Waals surface area contributed by atoms with E-state index in [1.807, 2.05) is 36.4 Å². The van der Waals surface area contributed by atoms with Gasteiger partial charge in [-0.3, -0.25) is 0 Å². The fourth-order valence-corrected chi connectivity index (χ4v) is 3.22. The van der Waals surface area contributed by atoms with Crippen molar-refractivity contribution in [3.8, 4) is 5.75 Å². The first-order valence-corrected chi connectivity index (χ1v) is 9.71. The van der Waals surface area contributed by atoms with Crippen LogP contribution in [0.25, 0.3) is 10.8 Å². The average molecular weight is 376 g/mol. The average Bonchev–Trinajstić information content (AvgIpc) is 2.65. The molecule has 3 nitrogen and oxygen atoms in total. The molecule has 0 aliphatic heterocycles. The van der Waals surface area contributed by atoms with Crippen molar-refractivity contribution >= 4 is 16.7 Å². The molecule has 3 heteroatoms. The Hall–Kier alpha value is -2.81. The van der Waals surface area contributed by atoms with Gasteiger partial charge in [-0.05, 0) is 51.8 Å². The fourth-order valence-electron chi connectivity index (χ4n) is 3.22. The van der Waals surface area contributed by atoms with E-state index < -0.39 is 5.97 Å². The van der Waals surface area contributed by atoms with Gasteiger partial charge in [-0.1, -0.05) is 76.2 Å². The molecule has 1 unspecified atom stereocenters. The second-order valence-corrected chi connectivity index (χ2v) is 8.53. The van der Waals surface area contributed by atoms with Crippen molar-refractivity contribution in [2.75, 3.05) is 0 Å². The predicted molar refractivity (Wildman–Crippen MR) is 114 cm³/mol. The number of carboxylic acid groups (broad SMARTS) is 1. The van der Waals surface area contributed by atoms with Crippen LogP contribution in [0.2, 0.25) is 0 Å². The molecule has 0 fully saturated rings. The number of carbonyl (C=O) groups is 1. The fraction of sp³-hybridized carbons (Fsp3) is 0.320. The summed E-state index contributed by atoms with van der Waals surface area (Å²) in [5.41, 5.74) is 2.53. The first-order valence-electron chi connectivity index (χ1n) is 9.71. The van der Waals surface area contributed by atoms with Gasteiger partial charge in [-0.15, -0.1) is 0 Å². The van der Waals surface area contributed by atoms with Crippen LogP contribution in [0.5, 0.6) is 5.75 Å². The van der Waals surface area contributed by atoms with Gasteiger partial charge < -0.3 is 9.84 Å². The van der Waals surface area contributed by atoms with Gasteiger partial charge in [0.2, 0.25) is 0 Å². The van der Waals surface area contributed by atoms with Crippen molar-refractivity contribution < 1.29 is 14.6 Å². The Labute approximate surface area is 167 Å². The third-order valence-corrected chi connectivity index (χ3v) is 5.56. The Morgan fingerprint density at radius 1 is 1.04 bits per heavy atom. The molecule has 0 aromatic heterocycles. The Kier molecular flexibility index (Phi) is 5.73. The highest BCUT2D eigenvalue weighted by molar-refractivity contribution is 5.91. The molecule has 3 aromatic carbocycles. The minimum absolute atomic E-state index is 0.190. The molecule has 0 saturated heterocycles. The van der Waals surface area contributed by atoms with Crippen molar-refractivity contribution in [2.24, 2.45) is 11.3 Å². The maximum Gasteiger partial charge on any atom is 0.339 e. The Balaban J connectivity index is 1.87. The molecule has 0 aliphatic rings. The molecule has 0 spiro atoms. The van der Waals surface area contributed by atoms with Crippen LogP contribution >= 0.6 is 0 Å². The van der Waals surface area contributed by atoms with Crippen molar-refractivity contribution in [3.63, 3.8) is 0 Å². The molecular weight excluding hydrogens is 348 g/mol. The maximum absolute atomic E-state index is 11.7. The molecule has 0 aliphatic carbocycles. The van der Waals surface area contributed by atoms with Crippen molar-refractivity contribution in [3.05, 3.63) is 77.4 Å². The molecule has 1 atom stereocenters. The normalized spacial score (nSPS) is 12.7. The van der Waals surface area contributed by atoms with E-state index in [0.29, 0.717) is 18.3 Å². The number of hydrogen-bond acceptors (Lipinski definition) is 2. The van der Waals surface area contributed by atoms with Gasteiger partial charge in [0, 0.05) is 0 Å². The Bertz CT molecular complexity index is 977. The number of rotatable bonds is 6. The number of fused-ring (bicyclic) bond motifs is 1. The maximum atomic E-state index is 11.7. The molecule has 0 bridgehead atoms. The molecule has 1 N–H and O–H groups in total. The summed E-state index contributed by atoms with van der Waals surface area (Å²) in [5.74, 6) is -0.0727. The van der Waals surface area contributed by atoms with Crippen LogP contribution in [0.3, 0.4) is 0 Å². The highest BCUT2D eigenvalue weighted by Crippen LogP contribution is 2.31. The Morgan fingerprint density at radius 3 is 2.46 bits per heavy atom. The quantitative estimate of drug-likeness (QED) is 0.546. The van der Waals surface area contributed by atoms with Gasteiger partial charge in [0.15, 0.2) is 0 Å². The van der Waals surface area contributed by atoms with Gasteiger partial charge in [-0.25, -0.2) is 4.79 Å². The topological polar surface area (TPSA) is 46.5 Å². The monoisotopic (exact) mass is 376 g/mol. The summed E-state index contributed by atoms with van der Waals surface area (Å²) >= 11 is 0. The van der Waals surface area contributed by atoms with Crippen LogP contribution in [0.1, 0.15) is 49.2 Å². The SMILES string of the molecule is CC(Cc1ccc(C(=O)O)c(OCc2cccc3ccccc23)c1)C(C)(C)C. The van der Waals surface area contributed by atoms with Crippen molar-refractivity contribution in [2.45, 2.75) is 40.7 Å². The van der Waals surface area contributed by atoms with Gasteiger partial charge in [-0.2, -0.15) is 0 Å². The minimum Gasteiger partial charge on any atom is -0.488 e. The lowest BCUT2D eigenvalue weighted by molar-refractivity contribution is 0.0691. The van der Waals surface area contributed by atoms with Crippen LogP contribution in [-0.2, 0) is 13.0 Å². The first kappa shape index (κ1) is 19.9. The lowest BCUT2D eigenvalue weighted by atomic mass is 9.78. The number of ether oxygens (including phenoxy) is 1. The van der Waals surface area contributed by atoms with Crippen LogP contribution in [-0.4, -0.2) is 11.1 Å². The van der Waals surface area contributed by atoms with Crippen LogP contribution in [0.15, 0.2) is 60.7 Å². The summed E-state index contributed by atoms with van der Waals surface area (Å²) in [6.45, 7) is 9.23. The standard InChI is InChI=1S/C25H28O3/c1-17(25(2,3)4)14-18-12-13-22(24(26)27)23(15-18)28-16-20-10-7-9-19-8-5-6-11-21(19)20/h5-13,15,17H,14,16H2,1-4H3,(H,26,27). The van der Waals surface area contributed by atoms with E-state index in [9.17, 15) is 9.90 Å². The van der Waals surface area contributed by atoms with Gasteiger partial charge in [0.05, 0.1) is 0 Å². The lowest BCUT2D eigenvalue weighted by Gasteiger charge is -2.27.